The first-order valence-corrected chi connectivity index (χ1v) is 9.09. The van der Waals surface area contributed by atoms with Crippen LogP contribution in [0.25, 0.3) is 10.9 Å². The third-order valence-corrected chi connectivity index (χ3v) is 4.78. The SMILES string of the molecule is COC(=O)c1cc(CN(C)C(=O)c2cc3c(OC)cc(OC)c(OC)c3[nH]2)oc1C. The Morgan fingerprint density at radius 3 is 2.33 bits per heavy atom. The molecule has 2 aromatic heterocycles. The van der Waals surface area contributed by atoms with Crippen molar-refractivity contribution in [2.75, 3.05) is 35.5 Å². The Bertz CT molecular complexity index is 1100. The van der Waals surface area contributed by atoms with Gasteiger partial charge in [-0.3, -0.25) is 4.79 Å². The summed E-state index contributed by atoms with van der Waals surface area (Å²) in [7, 11) is 7.53. The number of furan rings is 1. The van der Waals surface area contributed by atoms with Gasteiger partial charge in [-0.15, -0.1) is 0 Å². The molecule has 3 rings (SSSR count). The Labute approximate surface area is 173 Å². The topological polar surface area (TPSA) is 103 Å². The molecule has 0 bridgehead atoms. The van der Waals surface area contributed by atoms with E-state index in [2.05, 4.69) is 4.98 Å². The van der Waals surface area contributed by atoms with Crippen LogP contribution in [0.4, 0.5) is 0 Å². The van der Waals surface area contributed by atoms with Gasteiger partial charge in [-0.05, 0) is 19.1 Å². The minimum Gasteiger partial charge on any atom is -0.496 e. The van der Waals surface area contributed by atoms with Crippen LogP contribution in [0.3, 0.4) is 0 Å². The second-order valence-corrected chi connectivity index (χ2v) is 6.62. The van der Waals surface area contributed by atoms with Crippen LogP contribution < -0.4 is 14.2 Å². The molecule has 0 spiro atoms. The average molecular weight is 416 g/mol. The van der Waals surface area contributed by atoms with E-state index in [0.29, 0.717) is 50.9 Å². The number of ether oxygens (including phenoxy) is 4. The zero-order chi connectivity index (χ0) is 22.0. The fourth-order valence-electron chi connectivity index (χ4n) is 3.30. The molecule has 0 fully saturated rings. The van der Waals surface area contributed by atoms with Crippen molar-refractivity contribution >= 4 is 22.8 Å². The molecule has 0 aliphatic carbocycles. The Hall–Kier alpha value is -3.62. The summed E-state index contributed by atoms with van der Waals surface area (Å²) in [4.78, 5) is 29.3. The second kappa shape index (κ2) is 8.40. The summed E-state index contributed by atoms with van der Waals surface area (Å²) < 4.78 is 26.6. The minimum absolute atomic E-state index is 0.170. The van der Waals surface area contributed by atoms with Gasteiger partial charge in [-0.1, -0.05) is 0 Å². The molecule has 0 saturated carbocycles. The first-order valence-electron chi connectivity index (χ1n) is 9.09. The number of nitrogens with one attached hydrogen (secondary N) is 1. The van der Waals surface area contributed by atoms with E-state index in [0.717, 1.165) is 0 Å². The van der Waals surface area contributed by atoms with Crippen LogP contribution in [0.1, 0.15) is 32.4 Å². The van der Waals surface area contributed by atoms with Crippen LogP contribution in [-0.4, -0.2) is 57.2 Å². The number of fused-ring (bicyclic) bond motifs is 1. The number of methoxy groups -OCH3 is 4. The molecule has 1 aromatic carbocycles. The van der Waals surface area contributed by atoms with Crippen molar-refractivity contribution < 1.29 is 33.0 Å². The van der Waals surface area contributed by atoms with E-state index in [9.17, 15) is 9.59 Å². The Kier molecular flexibility index (Phi) is 5.91. The molecule has 0 atom stereocenters. The number of benzene rings is 1. The van der Waals surface area contributed by atoms with Crippen molar-refractivity contribution in [2.45, 2.75) is 13.5 Å². The molecule has 0 saturated heterocycles. The first kappa shape index (κ1) is 21.1. The smallest absolute Gasteiger partial charge is 0.341 e. The summed E-state index contributed by atoms with van der Waals surface area (Å²) in [5, 5.41) is 0.689. The zero-order valence-electron chi connectivity index (χ0n) is 17.7. The first-order chi connectivity index (χ1) is 14.3. The highest BCUT2D eigenvalue weighted by atomic mass is 16.5. The van der Waals surface area contributed by atoms with Crippen molar-refractivity contribution in [3.63, 3.8) is 0 Å². The molecule has 0 unspecified atom stereocenters. The third-order valence-electron chi connectivity index (χ3n) is 4.78. The van der Waals surface area contributed by atoms with Gasteiger partial charge in [0.2, 0.25) is 0 Å². The maximum atomic E-state index is 13.0. The highest BCUT2D eigenvalue weighted by molar-refractivity contribution is 6.02. The van der Waals surface area contributed by atoms with Gasteiger partial charge in [0.05, 0.1) is 40.5 Å². The molecule has 2 heterocycles. The quantitative estimate of drug-likeness (QED) is 0.590. The van der Waals surface area contributed by atoms with Crippen LogP contribution in [0.5, 0.6) is 17.2 Å². The number of nitrogens with zero attached hydrogens (tertiary/aromatic N) is 1. The number of carbonyl (C=O) groups is 2. The number of hydrogen-bond acceptors (Lipinski definition) is 7. The largest absolute Gasteiger partial charge is 0.496 e. The minimum atomic E-state index is -0.486. The van der Waals surface area contributed by atoms with E-state index in [1.54, 1.807) is 39.3 Å². The summed E-state index contributed by atoms with van der Waals surface area (Å²) in [5.74, 6) is 1.64. The van der Waals surface area contributed by atoms with Gasteiger partial charge in [0.15, 0.2) is 11.5 Å². The van der Waals surface area contributed by atoms with Gasteiger partial charge in [-0.25, -0.2) is 4.79 Å². The summed E-state index contributed by atoms with van der Waals surface area (Å²) in [6.45, 7) is 1.84. The standard InChI is InChI=1S/C21H24N2O7/c1-11-13(21(25)29-6)7-12(30-11)10-23(2)20(24)15-8-14-16(26-3)9-17(27-4)19(28-5)18(14)22-15/h7-9,22H,10H2,1-6H3. The molecule has 1 N–H and O–H groups in total. The molecule has 9 nitrogen and oxygen atoms in total. The zero-order valence-corrected chi connectivity index (χ0v) is 17.7. The molecule has 160 valence electrons. The lowest BCUT2D eigenvalue weighted by molar-refractivity contribution is 0.0598. The Balaban J connectivity index is 1.92. The summed E-state index contributed by atoms with van der Waals surface area (Å²) in [5.41, 5.74) is 1.27. The number of aromatic amines is 1. The van der Waals surface area contributed by atoms with Gasteiger partial charge in [0.1, 0.15) is 28.5 Å². The van der Waals surface area contributed by atoms with Crippen LogP contribution >= 0.6 is 0 Å². The van der Waals surface area contributed by atoms with E-state index in [1.165, 1.54) is 26.2 Å². The number of aromatic nitrogens is 1. The third kappa shape index (κ3) is 3.66. The fourth-order valence-corrected chi connectivity index (χ4v) is 3.30. The average Bonchev–Trinajstić information content (AvgIpc) is 3.34. The lowest BCUT2D eigenvalue weighted by Crippen LogP contribution is -2.26. The maximum absolute atomic E-state index is 13.0. The normalized spacial score (nSPS) is 10.7. The Morgan fingerprint density at radius 2 is 1.73 bits per heavy atom. The number of aryl methyl sites for hydroxylation is 1. The van der Waals surface area contributed by atoms with Crippen molar-refractivity contribution in [1.82, 2.24) is 9.88 Å². The van der Waals surface area contributed by atoms with Gasteiger partial charge in [0, 0.05) is 18.5 Å². The van der Waals surface area contributed by atoms with Crippen molar-refractivity contribution in [2.24, 2.45) is 0 Å². The van der Waals surface area contributed by atoms with Crippen LogP contribution in [0.2, 0.25) is 0 Å². The summed E-state index contributed by atoms with van der Waals surface area (Å²) >= 11 is 0. The lowest BCUT2D eigenvalue weighted by atomic mass is 10.2. The van der Waals surface area contributed by atoms with Crippen molar-refractivity contribution in [3.8, 4) is 17.2 Å². The molecule has 0 radical (unpaired) electrons. The molecular formula is C21H24N2O7. The number of hydrogen-bond donors (Lipinski definition) is 1. The van der Waals surface area contributed by atoms with E-state index >= 15 is 0 Å². The molecule has 9 heteroatoms. The fraction of sp³-hybridized carbons (Fsp3) is 0.333. The van der Waals surface area contributed by atoms with Gasteiger partial charge < -0.3 is 33.2 Å². The van der Waals surface area contributed by atoms with Gasteiger partial charge in [-0.2, -0.15) is 0 Å². The van der Waals surface area contributed by atoms with Crippen molar-refractivity contribution in [3.05, 3.63) is 41.0 Å². The molecule has 30 heavy (non-hydrogen) atoms. The summed E-state index contributed by atoms with van der Waals surface area (Å²) in [6.07, 6.45) is 0. The molecular weight excluding hydrogens is 392 g/mol. The van der Waals surface area contributed by atoms with E-state index in [4.69, 9.17) is 23.4 Å². The van der Waals surface area contributed by atoms with Gasteiger partial charge in [0.25, 0.3) is 5.91 Å². The lowest BCUT2D eigenvalue weighted by Gasteiger charge is -2.14. The summed E-state index contributed by atoms with van der Waals surface area (Å²) in [6, 6.07) is 4.97. The predicted octanol–water partition coefficient (Wildman–Crippen LogP) is 3.15. The number of esters is 1. The molecule has 0 aliphatic rings. The second-order valence-electron chi connectivity index (χ2n) is 6.62. The van der Waals surface area contributed by atoms with E-state index < -0.39 is 5.97 Å². The van der Waals surface area contributed by atoms with E-state index in [1.807, 2.05) is 0 Å². The van der Waals surface area contributed by atoms with Crippen LogP contribution in [0, 0.1) is 6.92 Å². The maximum Gasteiger partial charge on any atom is 0.341 e. The van der Waals surface area contributed by atoms with Crippen LogP contribution in [0.15, 0.2) is 22.6 Å². The molecule has 1 amide bonds. The van der Waals surface area contributed by atoms with Gasteiger partial charge >= 0.3 is 5.97 Å². The number of carbonyl (C=O) groups excluding carboxylic acids is 2. The number of amides is 1. The van der Waals surface area contributed by atoms with Crippen LogP contribution in [-0.2, 0) is 11.3 Å². The highest BCUT2D eigenvalue weighted by Gasteiger charge is 2.23. The van der Waals surface area contributed by atoms with E-state index in [-0.39, 0.29) is 12.5 Å². The number of rotatable bonds is 7. The highest BCUT2D eigenvalue weighted by Crippen LogP contribution is 2.41. The predicted molar refractivity (Wildman–Crippen MR) is 109 cm³/mol. The monoisotopic (exact) mass is 416 g/mol. The van der Waals surface area contributed by atoms with Crippen molar-refractivity contribution in [1.29, 1.82) is 0 Å². The molecule has 3 aromatic rings. The number of H-pyrrole nitrogens is 1. The Morgan fingerprint density at radius 1 is 1.03 bits per heavy atom. The molecule has 0 aliphatic heterocycles.